The minimum absolute atomic E-state index is 0.0485. The number of ether oxygens (including phenoxy) is 2. The first-order valence-electron chi connectivity index (χ1n) is 10.2. The van der Waals surface area contributed by atoms with Crippen molar-refractivity contribution in [2.75, 3.05) is 31.5 Å². The molecule has 3 N–H and O–H groups in total. The first kappa shape index (κ1) is 23.0. The predicted octanol–water partition coefficient (Wildman–Crippen LogP) is 3.51. The van der Waals surface area contributed by atoms with Crippen molar-refractivity contribution in [3.05, 3.63) is 54.4 Å². The zero-order valence-electron chi connectivity index (χ0n) is 18.5. The van der Waals surface area contributed by atoms with Crippen LogP contribution in [0.4, 0.5) is 17.5 Å². The maximum absolute atomic E-state index is 11.9. The van der Waals surface area contributed by atoms with Crippen molar-refractivity contribution in [3.63, 3.8) is 0 Å². The molecule has 0 aliphatic carbocycles. The molecule has 168 valence electrons. The normalized spacial score (nSPS) is 11.7. The molecule has 3 aromatic rings. The van der Waals surface area contributed by atoms with Gasteiger partial charge in [0.15, 0.2) is 0 Å². The minimum atomic E-state index is -0.482. The lowest BCUT2D eigenvalue weighted by molar-refractivity contribution is 0.0597. The van der Waals surface area contributed by atoms with E-state index < -0.39 is 5.97 Å². The van der Waals surface area contributed by atoms with E-state index in [2.05, 4.69) is 25.6 Å². The van der Waals surface area contributed by atoms with E-state index in [1.54, 1.807) is 36.7 Å². The number of benzene rings is 1. The Morgan fingerprint density at radius 3 is 2.59 bits per heavy atom. The van der Waals surface area contributed by atoms with Crippen molar-refractivity contribution < 1.29 is 19.4 Å². The summed E-state index contributed by atoms with van der Waals surface area (Å²) < 4.78 is 10.1. The fourth-order valence-corrected chi connectivity index (χ4v) is 3.02. The molecule has 9 nitrogen and oxygen atoms in total. The Morgan fingerprint density at radius 2 is 1.97 bits per heavy atom. The number of methoxy groups -OCH3 is 2. The average Bonchev–Trinajstić information content (AvgIpc) is 2.82. The number of aliphatic hydroxyl groups excluding tert-OH is 1. The largest absolute Gasteiger partial charge is 0.496 e. The molecule has 0 aliphatic heterocycles. The average molecular weight is 438 g/mol. The molecule has 0 unspecified atom stereocenters. The second-order valence-electron chi connectivity index (χ2n) is 7.41. The van der Waals surface area contributed by atoms with E-state index in [4.69, 9.17) is 9.47 Å². The molecular formula is C23H27N5O4. The summed E-state index contributed by atoms with van der Waals surface area (Å²) in [6.07, 6.45) is 3.41. The number of esters is 1. The zero-order chi connectivity index (χ0) is 23.1. The highest BCUT2D eigenvalue weighted by molar-refractivity contribution is 5.93. The number of nitrogens with one attached hydrogen (secondary N) is 2. The van der Waals surface area contributed by atoms with Crippen LogP contribution in [-0.4, -0.2) is 52.9 Å². The topological polar surface area (TPSA) is 118 Å². The SMILES string of the molecule is COC(=O)c1ccc(Nc2cc(-c3cccnc3)nc(N[C@H](CO)C(C)C)n2)cc1OC. The molecule has 0 spiro atoms. The van der Waals surface area contributed by atoms with Gasteiger partial charge in [0, 0.05) is 35.8 Å². The molecule has 0 aliphatic rings. The van der Waals surface area contributed by atoms with E-state index in [0.29, 0.717) is 34.5 Å². The highest BCUT2D eigenvalue weighted by atomic mass is 16.5. The lowest BCUT2D eigenvalue weighted by Gasteiger charge is -2.20. The van der Waals surface area contributed by atoms with Crippen molar-refractivity contribution >= 4 is 23.4 Å². The number of carbonyl (C=O) groups excluding carboxylic acids is 1. The van der Waals surface area contributed by atoms with E-state index in [1.165, 1.54) is 14.2 Å². The molecule has 1 aromatic carbocycles. The fourth-order valence-electron chi connectivity index (χ4n) is 3.02. The Hall–Kier alpha value is -3.72. The van der Waals surface area contributed by atoms with Gasteiger partial charge in [-0.1, -0.05) is 13.8 Å². The Bertz CT molecular complexity index is 1060. The highest BCUT2D eigenvalue weighted by Crippen LogP contribution is 2.28. The Kier molecular flexibility index (Phi) is 7.56. The summed E-state index contributed by atoms with van der Waals surface area (Å²) in [6, 6.07) is 10.4. The number of aliphatic hydroxyl groups is 1. The lowest BCUT2D eigenvalue weighted by Crippen LogP contribution is -2.30. The van der Waals surface area contributed by atoms with Crippen LogP contribution in [0.15, 0.2) is 48.8 Å². The third kappa shape index (κ3) is 5.50. The summed E-state index contributed by atoms with van der Waals surface area (Å²) in [5, 5.41) is 16.1. The third-order valence-corrected chi connectivity index (χ3v) is 4.88. The van der Waals surface area contributed by atoms with Crippen LogP contribution in [0.5, 0.6) is 5.75 Å². The second-order valence-corrected chi connectivity index (χ2v) is 7.41. The number of rotatable bonds is 9. The van der Waals surface area contributed by atoms with Crippen LogP contribution in [0.1, 0.15) is 24.2 Å². The molecule has 0 amide bonds. The van der Waals surface area contributed by atoms with Gasteiger partial charge in [-0.25, -0.2) is 9.78 Å². The Labute approximate surface area is 186 Å². The zero-order valence-corrected chi connectivity index (χ0v) is 18.5. The van der Waals surface area contributed by atoms with Crippen LogP contribution in [0, 0.1) is 5.92 Å². The molecule has 0 radical (unpaired) electrons. The number of hydrogen-bond acceptors (Lipinski definition) is 9. The molecule has 32 heavy (non-hydrogen) atoms. The second kappa shape index (κ2) is 10.5. The molecule has 0 bridgehead atoms. The summed E-state index contributed by atoms with van der Waals surface area (Å²) in [5.74, 6) is 0.970. The van der Waals surface area contributed by atoms with Crippen molar-refractivity contribution in [1.82, 2.24) is 15.0 Å². The summed E-state index contributed by atoms with van der Waals surface area (Å²) in [7, 11) is 2.81. The summed E-state index contributed by atoms with van der Waals surface area (Å²) in [5.41, 5.74) is 2.48. The molecule has 2 heterocycles. The molecule has 2 aromatic heterocycles. The molecule has 9 heteroatoms. The summed E-state index contributed by atoms with van der Waals surface area (Å²) in [6.45, 7) is 3.97. The van der Waals surface area contributed by atoms with Crippen LogP contribution in [-0.2, 0) is 4.74 Å². The number of anilines is 3. The van der Waals surface area contributed by atoms with Crippen molar-refractivity contribution in [3.8, 4) is 17.0 Å². The van der Waals surface area contributed by atoms with E-state index in [-0.39, 0.29) is 18.6 Å². The lowest BCUT2D eigenvalue weighted by atomic mass is 10.1. The molecule has 3 rings (SSSR count). The monoisotopic (exact) mass is 437 g/mol. The maximum atomic E-state index is 11.9. The van der Waals surface area contributed by atoms with Gasteiger partial charge in [-0.05, 0) is 30.2 Å². The fraction of sp³-hybridized carbons (Fsp3) is 0.304. The van der Waals surface area contributed by atoms with Crippen LogP contribution in [0.25, 0.3) is 11.3 Å². The summed E-state index contributed by atoms with van der Waals surface area (Å²) >= 11 is 0. The number of hydrogen-bond donors (Lipinski definition) is 3. The quantitative estimate of drug-likeness (QED) is 0.432. The summed E-state index contributed by atoms with van der Waals surface area (Å²) in [4.78, 5) is 25.2. The first-order valence-corrected chi connectivity index (χ1v) is 10.2. The maximum Gasteiger partial charge on any atom is 0.341 e. The van der Waals surface area contributed by atoms with Gasteiger partial charge >= 0.3 is 5.97 Å². The standard InChI is InChI=1S/C23H27N5O4/c1-14(2)19(13-29)27-23-26-18(15-6-5-9-24-12-15)11-21(28-23)25-16-7-8-17(22(30)32-4)20(10-16)31-3/h5-12,14,19,29H,13H2,1-4H3,(H2,25,26,27,28)/t19-/m1/s1. The van der Waals surface area contributed by atoms with Crippen LogP contribution >= 0.6 is 0 Å². The van der Waals surface area contributed by atoms with E-state index in [1.807, 2.05) is 26.0 Å². The number of aromatic nitrogens is 3. The highest BCUT2D eigenvalue weighted by Gasteiger charge is 2.16. The van der Waals surface area contributed by atoms with E-state index >= 15 is 0 Å². The molecule has 0 saturated carbocycles. The van der Waals surface area contributed by atoms with E-state index in [9.17, 15) is 9.90 Å². The van der Waals surface area contributed by atoms with Gasteiger partial charge in [0.25, 0.3) is 0 Å². The van der Waals surface area contributed by atoms with E-state index in [0.717, 1.165) is 5.56 Å². The van der Waals surface area contributed by atoms with Gasteiger partial charge in [-0.2, -0.15) is 4.98 Å². The van der Waals surface area contributed by atoms with Crippen LogP contribution < -0.4 is 15.4 Å². The van der Waals surface area contributed by atoms with Gasteiger partial charge < -0.3 is 25.2 Å². The predicted molar refractivity (Wildman–Crippen MR) is 122 cm³/mol. The van der Waals surface area contributed by atoms with Gasteiger partial charge in [0.05, 0.1) is 32.6 Å². The number of nitrogens with zero attached hydrogens (tertiary/aromatic N) is 3. The molecule has 0 fully saturated rings. The molecular weight excluding hydrogens is 410 g/mol. The van der Waals surface area contributed by atoms with Crippen molar-refractivity contribution in [1.29, 1.82) is 0 Å². The molecule has 1 atom stereocenters. The number of pyridine rings is 1. The van der Waals surface area contributed by atoms with Crippen LogP contribution in [0.2, 0.25) is 0 Å². The third-order valence-electron chi connectivity index (χ3n) is 4.88. The van der Waals surface area contributed by atoms with Crippen molar-refractivity contribution in [2.24, 2.45) is 5.92 Å². The first-order chi connectivity index (χ1) is 15.4. The Morgan fingerprint density at radius 1 is 1.16 bits per heavy atom. The van der Waals surface area contributed by atoms with Gasteiger partial charge in [0.1, 0.15) is 17.1 Å². The van der Waals surface area contributed by atoms with Gasteiger partial charge in [-0.3, -0.25) is 4.98 Å². The minimum Gasteiger partial charge on any atom is -0.496 e. The van der Waals surface area contributed by atoms with Gasteiger partial charge in [-0.15, -0.1) is 0 Å². The van der Waals surface area contributed by atoms with Gasteiger partial charge in [0.2, 0.25) is 5.95 Å². The smallest absolute Gasteiger partial charge is 0.341 e. The Balaban J connectivity index is 1.98. The number of carbonyl (C=O) groups is 1. The molecule has 0 saturated heterocycles. The van der Waals surface area contributed by atoms with Crippen molar-refractivity contribution in [2.45, 2.75) is 19.9 Å². The van der Waals surface area contributed by atoms with Crippen LogP contribution in [0.3, 0.4) is 0 Å².